The number of anilines is 1. The zero-order chi connectivity index (χ0) is 18.0. The number of nitrogens with zero attached hydrogens (tertiary/aromatic N) is 1. The van der Waals surface area contributed by atoms with E-state index >= 15 is 0 Å². The van der Waals surface area contributed by atoms with E-state index in [2.05, 4.69) is 41.2 Å². The first-order valence-electron chi connectivity index (χ1n) is 7.77. The first-order chi connectivity index (χ1) is 12.0. The normalized spacial score (nSPS) is 16.0. The van der Waals surface area contributed by atoms with Crippen LogP contribution in [0.2, 0.25) is 0 Å². The van der Waals surface area contributed by atoms with Gasteiger partial charge in [0, 0.05) is 10.2 Å². The van der Waals surface area contributed by atoms with Crippen LogP contribution in [0.4, 0.5) is 5.69 Å². The first kappa shape index (κ1) is 18.2. The summed E-state index contributed by atoms with van der Waals surface area (Å²) in [5, 5.41) is 3.32. The van der Waals surface area contributed by atoms with Gasteiger partial charge in [0.25, 0.3) is 5.91 Å². The van der Waals surface area contributed by atoms with Crippen molar-refractivity contribution < 1.29 is 4.79 Å². The third-order valence-electron chi connectivity index (χ3n) is 4.05. The van der Waals surface area contributed by atoms with Crippen molar-refractivity contribution in [3.05, 3.63) is 68.5 Å². The molecule has 0 aliphatic carbocycles. The summed E-state index contributed by atoms with van der Waals surface area (Å²) in [6.45, 7) is 4.50. The van der Waals surface area contributed by atoms with Gasteiger partial charge in [-0.25, -0.2) is 0 Å². The van der Waals surface area contributed by atoms with E-state index in [1.165, 1.54) is 22.9 Å². The molecule has 0 atom stereocenters. The van der Waals surface area contributed by atoms with Crippen molar-refractivity contribution in [3.8, 4) is 0 Å². The number of thiocarbonyl (C=S) groups is 1. The fraction of sp³-hybridized carbons (Fsp3) is 0.158. The molecule has 2 aromatic rings. The van der Waals surface area contributed by atoms with Crippen LogP contribution in [0.5, 0.6) is 0 Å². The number of rotatable bonds is 4. The molecule has 3 nitrogen and oxygen atoms in total. The molecular weight excluding hydrogens is 416 g/mol. The fourth-order valence-electron chi connectivity index (χ4n) is 2.49. The summed E-state index contributed by atoms with van der Waals surface area (Å²) in [6.07, 6.45) is 1.88. The van der Waals surface area contributed by atoms with Gasteiger partial charge in [0.05, 0.1) is 11.6 Å². The van der Waals surface area contributed by atoms with Crippen LogP contribution in [0.15, 0.2) is 51.8 Å². The lowest BCUT2D eigenvalue weighted by Gasteiger charge is -2.18. The Morgan fingerprint density at radius 1 is 1.24 bits per heavy atom. The Morgan fingerprint density at radius 2 is 2.00 bits per heavy atom. The van der Waals surface area contributed by atoms with E-state index in [1.54, 1.807) is 4.90 Å². The number of halogens is 1. The maximum Gasteiger partial charge on any atom is 0.267 e. The predicted molar refractivity (Wildman–Crippen MR) is 114 cm³/mol. The maximum atomic E-state index is 12.7. The van der Waals surface area contributed by atoms with E-state index in [0.29, 0.717) is 15.9 Å². The molecule has 0 unspecified atom stereocenters. The lowest BCUT2D eigenvalue weighted by atomic mass is 10.1. The van der Waals surface area contributed by atoms with Crippen molar-refractivity contribution in [1.82, 2.24) is 4.90 Å². The summed E-state index contributed by atoms with van der Waals surface area (Å²) < 4.78 is 1.55. The number of amides is 1. The number of carbonyl (C=O) groups is 1. The number of carbonyl (C=O) groups excluding carboxylic acids is 1. The van der Waals surface area contributed by atoms with Gasteiger partial charge in [0.1, 0.15) is 4.32 Å². The highest BCUT2D eigenvalue weighted by Crippen LogP contribution is 2.33. The van der Waals surface area contributed by atoms with E-state index in [4.69, 9.17) is 12.2 Å². The molecule has 1 amide bonds. The Morgan fingerprint density at radius 3 is 2.76 bits per heavy atom. The molecule has 25 heavy (non-hydrogen) atoms. The number of benzene rings is 2. The van der Waals surface area contributed by atoms with Crippen LogP contribution in [0.1, 0.15) is 16.7 Å². The van der Waals surface area contributed by atoms with Gasteiger partial charge in [-0.1, -0.05) is 64.2 Å². The smallest absolute Gasteiger partial charge is 0.267 e. The van der Waals surface area contributed by atoms with Crippen LogP contribution in [0, 0.1) is 13.8 Å². The molecular formula is C19H17BrN2OS2. The average molecular weight is 433 g/mol. The summed E-state index contributed by atoms with van der Waals surface area (Å²) in [5.41, 5.74) is 4.38. The van der Waals surface area contributed by atoms with Gasteiger partial charge in [0.15, 0.2) is 0 Å². The lowest BCUT2D eigenvalue weighted by molar-refractivity contribution is -0.121. The van der Waals surface area contributed by atoms with Gasteiger partial charge in [-0.3, -0.25) is 9.69 Å². The standard InChI is InChI=1S/C19H17BrN2OS2/c1-12-5-3-8-16(13(12)2)21-11-22-18(23)17(25-19(22)24)10-14-6-4-7-15(20)9-14/h3-10,21H,11H2,1-2H3/b17-10-. The highest BCUT2D eigenvalue weighted by molar-refractivity contribution is 9.10. The van der Waals surface area contributed by atoms with Crippen LogP contribution in [-0.4, -0.2) is 21.8 Å². The number of thioether (sulfide) groups is 1. The van der Waals surface area contributed by atoms with E-state index in [-0.39, 0.29) is 5.91 Å². The van der Waals surface area contributed by atoms with E-state index in [1.807, 2.05) is 42.5 Å². The van der Waals surface area contributed by atoms with E-state index in [0.717, 1.165) is 15.7 Å². The molecule has 1 saturated heterocycles. The van der Waals surface area contributed by atoms with Crippen LogP contribution >= 0.6 is 39.9 Å². The monoisotopic (exact) mass is 432 g/mol. The van der Waals surface area contributed by atoms with Crippen molar-refractivity contribution in [2.24, 2.45) is 0 Å². The van der Waals surface area contributed by atoms with Crippen LogP contribution < -0.4 is 5.32 Å². The van der Waals surface area contributed by atoms with E-state index < -0.39 is 0 Å². The van der Waals surface area contributed by atoms with Crippen molar-refractivity contribution in [2.45, 2.75) is 13.8 Å². The van der Waals surface area contributed by atoms with Gasteiger partial charge in [0.2, 0.25) is 0 Å². The van der Waals surface area contributed by atoms with Gasteiger partial charge >= 0.3 is 0 Å². The molecule has 1 N–H and O–H groups in total. The second-order valence-corrected chi connectivity index (χ2v) is 8.34. The Bertz CT molecular complexity index is 879. The molecule has 1 heterocycles. The summed E-state index contributed by atoms with van der Waals surface area (Å²) in [4.78, 5) is 14.9. The third kappa shape index (κ3) is 4.14. The van der Waals surface area contributed by atoms with Crippen molar-refractivity contribution >= 4 is 61.9 Å². The molecule has 0 bridgehead atoms. The molecule has 1 fully saturated rings. The second-order valence-electron chi connectivity index (χ2n) is 5.75. The largest absolute Gasteiger partial charge is 0.367 e. The molecule has 0 saturated carbocycles. The van der Waals surface area contributed by atoms with Gasteiger partial charge < -0.3 is 5.32 Å². The zero-order valence-corrected chi connectivity index (χ0v) is 17.1. The quantitative estimate of drug-likeness (QED) is 0.522. The summed E-state index contributed by atoms with van der Waals surface area (Å²) in [7, 11) is 0. The Labute approximate surface area is 165 Å². The molecule has 0 aromatic heterocycles. The van der Waals surface area contributed by atoms with Crippen LogP contribution in [-0.2, 0) is 4.79 Å². The molecule has 128 valence electrons. The molecule has 3 rings (SSSR count). The first-order valence-corrected chi connectivity index (χ1v) is 9.78. The minimum Gasteiger partial charge on any atom is -0.367 e. The lowest BCUT2D eigenvalue weighted by Crippen LogP contribution is -2.33. The Hall–Kier alpha value is -1.63. The molecule has 2 aromatic carbocycles. The van der Waals surface area contributed by atoms with Gasteiger partial charge in [-0.2, -0.15) is 0 Å². The third-order valence-corrected chi connectivity index (χ3v) is 5.92. The number of nitrogens with one attached hydrogen (secondary N) is 1. The second kappa shape index (κ2) is 7.72. The summed E-state index contributed by atoms with van der Waals surface area (Å²) in [5.74, 6) is -0.0622. The highest BCUT2D eigenvalue weighted by Gasteiger charge is 2.31. The van der Waals surface area contributed by atoms with Crippen molar-refractivity contribution in [2.75, 3.05) is 12.0 Å². The topological polar surface area (TPSA) is 32.3 Å². The molecule has 1 aliphatic rings. The van der Waals surface area contributed by atoms with Crippen LogP contribution in [0.25, 0.3) is 6.08 Å². The summed E-state index contributed by atoms with van der Waals surface area (Å²) in [6, 6.07) is 13.9. The van der Waals surface area contributed by atoms with E-state index in [9.17, 15) is 4.79 Å². The van der Waals surface area contributed by atoms with Crippen LogP contribution in [0.3, 0.4) is 0 Å². The maximum absolute atomic E-state index is 12.7. The highest BCUT2D eigenvalue weighted by atomic mass is 79.9. The number of aryl methyl sites for hydroxylation is 1. The minimum absolute atomic E-state index is 0.0622. The fourth-order valence-corrected chi connectivity index (χ4v) is 4.16. The Kier molecular flexibility index (Phi) is 5.61. The predicted octanol–water partition coefficient (Wildman–Crippen LogP) is 5.34. The number of hydrogen-bond donors (Lipinski definition) is 1. The molecule has 6 heteroatoms. The minimum atomic E-state index is -0.0622. The van der Waals surface area contributed by atoms with Crippen molar-refractivity contribution in [1.29, 1.82) is 0 Å². The van der Waals surface area contributed by atoms with Gasteiger partial charge in [-0.05, 0) is 54.8 Å². The average Bonchev–Trinajstić information content (AvgIpc) is 2.83. The van der Waals surface area contributed by atoms with Gasteiger partial charge in [-0.15, -0.1) is 0 Å². The van der Waals surface area contributed by atoms with Crippen molar-refractivity contribution in [3.63, 3.8) is 0 Å². The number of hydrogen-bond acceptors (Lipinski definition) is 4. The zero-order valence-electron chi connectivity index (χ0n) is 13.9. The molecule has 0 spiro atoms. The summed E-state index contributed by atoms with van der Waals surface area (Å²) >= 11 is 10.2. The SMILES string of the molecule is Cc1cccc(NCN2C(=O)/C(=C/c3cccc(Br)c3)SC2=S)c1C. The molecule has 1 aliphatic heterocycles. The molecule has 0 radical (unpaired) electrons. The Balaban J connectivity index is 1.74.